The molecular formula is C14H13NO4. The van der Waals surface area contributed by atoms with Gasteiger partial charge in [-0.1, -0.05) is 12.1 Å². The summed E-state index contributed by atoms with van der Waals surface area (Å²) >= 11 is 0. The standard InChI is InChI=1S/C14H13NO4/c1-2-18-12-5-3-4-6-13(12)19-10-7-8-11(14(16)17)15-9-10/h3-9H,2H2,1H3,(H,16,17). The molecule has 0 amide bonds. The van der Waals surface area contributed by atoms with Crippen LogP contribution in [-0.4, -0.2) is 22.7 Å². The number of hydrogen-bond donors (Lipinski definition) is 1. The zero-order valence-electron chi connectivity index (χ0n) is 10.4. The number of carboxylic acid groups (broad SMARTS) is 1. The van der Waals surface area contributed by atoms with Crippen molar-refractivity contribution in [1.82, 2.24) is 4.98 Å². The van der Waals surface area contributed by atoms with E-state index in [4.69, 9.17) is 14.6 Å². The van der Waals surface area contributed by atoms with Crippen molar-refractivity contribution in [2.75, 3.05) is 6.61 Å². The topological polar surface area (TPSA) is 68.7 Å². The van der Waals surface area contributed by atoms with Crippen LogP contribution in [0.3, 0.4) is 0 Å². The van der Waals surface area contributed by atoms with E-state index in [-0.39, 0.29) is 5.69 Å². The fraction of sp³-hybridized carbons (Fsp3) is 0.143. The Balaban J connectivity index is 2.19. The number of aromatic carboxylic acids is 1. The SMILES string of the molecule is CCOc1ccccc1Oc1ccc(C(=O)O)nc1. The first-order chi connectivity index (χ1) is 9.20. The number of para-hydroxylation sites is 2. The van der Waals surface area contributed by atoms with E-state index in [9.17, 15) is 4.79 Å². The van der Waals surface area contributed by atoms with Crippen molar-refractivity contribution in [3.8, 4) is 17.2 Å². The monoisotopic (exact) mass is 259 g/mol. The maximum absolute atomic E-state index is 10.7. The molecule has 0 aliphatic rings. The van der Waals surface area contributed by atoms with E-state index in [1.807, 2.05) is 19.1 Å². The van der Waals surface area contributed by atoms with Crippen molar-refractivity contribution in [2.45, 2.75) is 6.92 Å². The van der Waals surface area contributed by atoms with Gasteiger partial charge in [0.25, 0.3) is 0 Å². The summed E-state index contributed by atoms with van der Waals surface area (Å²) in [7, 11) is 0. The second-order valence-corrected chi connectivity index (χ2v) is 3.67. The fourth-order valence-corrected chi connectivity index (χ4v) is 1.50. The Bertz CT molecular complexity index is 566. The predicted octanol–water partition coefficient (Wildman–Crippen LogP) is 2.97. The highest BCUT2D eigenvalue weighted by Gasteiger charge is 2.07. The van der Waals surface area contributed by atoms with Gasteiger partial charge in [0.2, 0.25) is 0 Å². The van der Waals surface area contributed by atoms with E-state index >= 15 is 0 Å². The van der Waals surface area contributed by atoms with Crippen LogP contribution in [0.25, 0.3) is 0 Å². The Kier molecular flexibility index (Phi) is 3.97. The van der Waals surface area contributed by atoms with Crippen molar-refractivity contribution in [2.24, 2.45) is 0 Å². The lowest BCUT2D eigenvalue weighted by atomic mass is 10.3. The van der Waals surface area contributed by atoms with Crippen molar-refractivity contribution < 1.29 is 19.4 Å². The lowest BCUT2D eigenvalue weighted by molar-refractivity contribution is 0.0690. The highest BCUT2D eigenvalue weighted by Crippen LogP contribution is 2.30. The van der Waals surface area contributed by atoms with Gasteiger partial charge in [0.15, 0.2) is 11.5 Å². The molecule has 5 nitrogen and oxygen atoms in total. The van der Waals surface area contributed by atoms with Crippen molar-refractivity contribution in [1.29, 1.82) is 0 Å². The maximum atomic E-state index is 10.7. The van der Waals surface area contributed by atoms with Crippen LogP contribution in [0.15, 0.2) is 42.6 Å². The Morgan fingerprint density at radius 3 is 2.53 bits per heavy atom. The minimum Gasteiger partial charge on any atom is -0.490 e. The molecular weight excluding hydrogens is 246 g/mol. The molecule has 0 spiro atoms. The van der Waals surface area contributed by atoms with Crippen molar-refractivity contribution >= 4 is 5.97 Å². The summed E-state index contributed by atoms with van der Waals surface area (Å²) in [6.07, 6.45) is 1.37. The molecule has 19 heavy (non-hydrogen) atoms. The Morgan fingerprint density at radius 2 is 1.95 bits per heavy atom. The summed E-state index contributed by atoms with van der Waals surface area (Å²) in [5, 5.41) is 8.76. The van der Waals surface area contributed by atoms with Crippen LogP contribution in [0.2, 0.25) is 0 Å². The number of carboxylic acids is 1. The summed E-state index contributed by atoms with van der Waals surface area (Å²) in [5.74, 6) is 0.583. The van der Waals surface area contributed by atoms with Crippen LogP contribution in [0.5, 0.6) is 17.2 Å². The van der Waals surface area contributed by atoms with Crippen LogP contribution < -0.4 is 9.47 Å². The molecule has 0 radical (unpaired) electrons. The second kappa shape index (κ2) is 5.86. The van der Waals surface area contributed by atoms with Gasteiger partial charge in [-0.05, 0) is 31.2 Å². The first-order valence-corrected chi connectivity index (χ1v) is 5.79. The van der Waals surface area contributed by atoms with Gasteiger partial charge in [0.05, 0.1) is 12.8 Å². The number of nitrogens with zero attached hydrogens (tertiary/aromatic N) is 1. The highest BCUT2D eigenvalue weighted by molar-refractivity contribution is 5.85. The van der Waals surface area contributed by atoms with Gasteiger partial charge < -0.3 is 14.6 Å². The highest BCUT2D eigenvalue weighted by atomic mass is 16.5. The van der Waals surface area contributed by atoms with Crippen LogP contribution in [-0.2, 0) is 0 Å². The van der Waals surface area contributed by atoms with Gasteiger partial charge >= 0.3 is 5.97 Å². The van der Waals surface area contributed by atoms with Crippen LogP contribution in [0.4, 0.5) is 0 Å². The van der Waals surface area contributed by atoms with Gasteiger partial charge in [-0.3, -0.25) is 0 Å². The molecule has 0 saturated heterocycles. The average Bonchev–Trinajstić information content (AvgIpc) is 2.42. The summed E-state index contributed by atoms with van der Waals surface area (Å²) < 4.78 is 11.0. The third-order valence-corrected chi connectivity index (χ3v) is 2.33. The number of aromatic nitrogens is 1. The second-order valence-electron chi connectivity index (χ2n) is 3.67. The zero-order valence-corrected chi connectivity index (χ0v) is 10.4. The lowest BCUT2D eigenvalue weighted by Gasteiger charge is -2.10. The quantitative estimate of drug-likeness (QED) is 0.893. The molecule has 0 fully saturated rings. The minimum atomic E-state index is -1.07. The van der Waals surface area contributed by atoms with Gasteiger partial charge in [0.1, 0.15) is 11.4 Å². The van der Waals surface area contributed by atoms with Crippen molar-refractivity contribution in [3.63, 3.8) is 0 Å². The smallest absolute Gasteiger partial charge is 0.354 e. The summed E-state index contributed by atoms with van der Waals surface area (Å²) in [6.45, 7) is 2.43. The molecule has 1 aromatic heterocycles. The third kappa shape index (κ3) is 3.22. The van der Waals surface area contributed by atoms with Crippen molar-refractivity contribution in [3.05, 3.63) is 48.3 Å². The van der Waals surface area contributed by atoms with E-state index in [2.05, 4.69) is 4.98 Å². The number of ether oxygens (including phenoxy) is 2. The molecule has 1 aromatic carbocycles. The largest absolute Gasteiger partial charge is 0.490 e. The molecule has 0 unspecified atom stereocenters. The molecule has 5 heteroatoms. The van der Waals surface area contributed by atoms with E-state index in [0.29, 0.717) is 23.9 Å². The molecule has 1 N–H and O–H groups in total. The number of carbonyl (C=O) groups is 1. The van der Waals surface area contributed by atoms with Gasteiger partial charge in [-0.25, -0.2) is 9.78 Å². The van der Waals surface area contributed by atoms with Crippen LogP contribution in [0, 0.1) is 0 Å². The Hall–Kier alpha value is -2.56. The number of hydrogen-bond acceptors (Lipinski definition) is 4. The summed E-state index contributed by atoms with van der Waals surface area (Å²) in [5.41, 5.74) is -0.0227. The number of benzene rings is 1. The van der Waals surface area contributed by atoms with Gasteiger partial charge in [-0.15, -0.1) is 0 Å². The lowest BCUT2D eigenvalue weighted by Crippen LogP contribution is -1.99. The Labute approximate surface area is 110 Å². The van der Waals surface area contributed by atoms with Crippen LogP contribution in [0.1, 0.15) is 17.4 Å². The normalized spacial score (nSPS) is 9.95. The molecule has 0 atom stereocenters. The molecule has 98 valence electrons. The number of pyridine rings is 1. The van der Waals surface area contributed by atoms with E-state index in [1.165, 1.54) is 12.3 Å². The predicted molar refractivity (Wildman–Crippen MR) is 68.9 cm³/mol. The van der Waals surface area contributed by atoms with Gasteiger partial charge in [-0.2, -0.15) is 0 Å². The maximum Gasteiger partial charge on any atom is 0.354 e. The van der Waals surface area contributed by atoms with E-state index in [1.54, 1.807) is 18.2 Å². The zero-order chi connectivity index (χ0) is 13.7. The first-order valence-electron chi connectivity index (χ1n) is 5.79. The molecule has 2 rings (SSSR count). The number of rotatable bonds is 5. The summed E-state index contributed by atoms with van der Waals surface area (Å²) in [6, 6.07) is 10.2. The Morgan fingerprint density at radius 1 is 1.21 bits per heavy atom. The minimum absolute atomic E-state index is 0.0227. The average molecular weight is 259 g/mol. The fourth-order valence-electron chi connectivity index (χ4n) is 1.50. The molecule has 0 aliphatic carbocycles. The molecule has 0 bridgehead atoms. The molecule has 1 heterocycles. The van der Waals surface area contributed by atoms with E-state index < -0.39 is 5.97 Å². The first kappa shape index (κ1) is 12.9. The van der Waals surface area contributed by atoms with Crippen LogP contribution >= 0.6 is 0 Å². The molecule has 0 saturated carbocycles. The molecule has 2 aromatic rings. The summed E-state index contributed by atoms with van der Waals surface area (Å²) in [4.78, 5) is 14.5. The third-order valence-electron chi connectivity index (χ3n) is 2.33. The molecule has 0 aliphatic heterocycles. The van der Waals surface area contributed by atoms with E-state index in [0.717, 1.165) is 0 Å². The van der Waals surface area contributed by atoms with Gasteiger partial charge in [0, 0.05) is 0 Å².